The highest BCUT2D eigenvalue weighted by atomic mass is 16.5. The van der Waals surface area contributed by atoms with Gasteiger partial charge in [0.25, 0.3) is 0 Å². The molecule has 0 radical (unpaired) electrons. The van der Waals surface area contributed by atoms with E-state index < -0.39 is 0 Å². The van der Waals surface area contributed by atoms with E-state index in [1.165, 1.54) is 0 Å². The van der Waals surface area contributed by atoms with E-state index in [1.54, 1.807) is 0 Å². The summed E-state index contributed by atoms with van der Waals surface area (Å²) in [5, 5.41) is 8.80. The smallest absolute Gasteiger partial charge is 0.337 e. The molecule has 122 valence electrons. The van der Waals surface area contributed by atoms with Crippen molar-refractivity contribution in [3.63, 3.8) is 0 Å². The zero-order chi connectivity index (χ0) is 15.4. The van der Waals surface area contributed by atoms with E-state index in [2.05, 4.69) is 20.9 Å². The molecule has 8 heteroatoms. The molecule has 0 aromatic rings. The lowest BCUT2D eigenvalue weighted by Crippen LogP contribution is -2.46. The second kappa shape index (κ2) is 7.08. The van der Waals surface area contributed by atoms with Gasteiger partial charge in [-0.15, -0.1) is 0 Å². The Morgan fingerprint density at radius 3 is 2.91 bits per heavy atom. The van der Waals surface area contributed by atoms with Crippen LogP contribution in [0.3, 0.4) is 0 Å². The number of carbonyl (C=O) groups is 2. The quantitative estimate of drug-likeness (QED) is 0.585. The molecule has 0 saturated carbocycles. The Bertz CT molecular complexity index is 467. The molecule has 1 atom stereocenters. The fourth-order valence-corrected chi connectivity index (χ4v) is 2.83. The Kier molecular flexibility index (Phi) is 4.91. The molecule has 3 heterocycles. The number of cyclic esters (lactones) is 1. The molecule has 3 aliphatic heterocycles. The van der Waals surface area contributed by atoms with Gasteiger partial charge in [0.15, 0.2) is 0 Å². The van der Waals surface area contributed by atoms with Crippen LogP contribution >= 0.6 is 0 Å². The van der Waals surface area contributed by atoms with Gasteiger partial charge in [0.1, 0.15) is 6.61 Å². The van der Waals surface area contributed by atoms with Crippen molar-refractivity contribution in [2.24, 2.45) is 0 Å². The zero-order valence-corrected chi connectivity index (χ0v) is 12.5. The molecule has 3 aliphatic rings. The van der Waals surface area contributed by atoms with Gasteiger partial charge in [-0.3, -0.25) is 10.2 Å². The molecule has 1 unspecified atom stereocenters. The average molecular weight is 310 g/mol. The second-order valence-electron chi connectivity index (χ2n) is 5.67. The van der Waals surface area contributed by atoms with Crippen molar-refractivity contribution in [3.05, 3.63) is 11.3 Å². The SMILES string of the molecule is O=C(NC1=C(CN2CCOCC2)C(=O)OC1)NC1CCCN1. The van der Waals surface area contributed by atoms with Gasteiger partial charge in [-0.25, -0.2) is 9.59 Å². The van der Waals surface area contributed by atoms with Crippen molar-refractivity contribution < 1.29 is 19.1 Å². The van der Waals surface area contributed by atoms with Gasteiger partial charge in [-0.2, -0.15) is 0 Å². The summed E-state index contributed by atoms with van der Waals surface area (Å²) < 4.78 is 10.4. The summed E-state index contributed by atoms with van der Waals surface area (Å²) in [6, 6.07) is -0.299. The van der Waals surface area contributed by atoms with Crippen molar-refractivity contribution >= 4 is 12.0 Å². The summed E-state index contributed by atoms with van der Waals surface area (Å²) in [6.07, 6.45) is 1.97. The molecule has 22 heavy (non-hydrogen) atoms. The molecular weight excluding hydrogens is 288 g/mol. The minimum atomic E-state index is -0.346. The number of carbonyl (C=O) groups excluding carboxylic acids is 2. The van der Waals surface area contributed by atoms with Crippen LogP contribution in [-0.2, 0) is 14.3 Å². The minimum absolute atomic E-state index is 0.00122. The zero-order valence-electron chi connectivity index (χ0n) is 12.5. The van der Waals surface area contributed by atoms with Gasteiger partial charge >= 0.3 is 12.0 Å². The molecule has 3 rings (SSSR count). The number of hydrogen-bond acceptors (Lipinski definition) is 6. The number of esters is 1. The topological polar surface area (TPSA) is 91.9 Å². The maximum Gasteiger partial charge on any atom is 0.337 e. The van der Waals surface area contributed by atoms with E-state index in [0.29, 0.717) is 31.0 Å². The van der Waals surface area contributed by atoms with Gasteiger partial charge in [0.2, 0.25) is 0 Å². The Labute approximate surface area is 129 Å². The molecule has 2 fully saturated rings. The molecular formula is C14H22N4O4. The van der Waals surface area contributed by atoms with Crippen LogP contribution in [0.1, 0.15) is 12.8 Å². The predicted molar refractivity (Wildman–Crippen MR) is 77.9 cm³/mol. The van der Waals surface area contributed by atoms with Gasteiger partial charge < -0.3 is 20.1 Å². The van der Waals surface area contributed by atoms with Gasteiger partial charge in [0.05, 0.1) is 30.6 Å². The maximum atomic E-state index is 12.0. The largest absolute Gasteiger partial charge is 0.456 e. The Morgan fingerprint density at radius 2 is 2.18 bits per heavy atom. The Morgan fingerprint density at radius 1 is 1.36 bits per heavy atom. The van der Waals surface area contributed by atoms with E-state index >= 15 is 0 Å². The lowest BCUT2D eigenvalue weighted by atomic mass is 10.2. The van der Waals surface area contributed by atoms with Crippen molar-refractivity contribution in [1.29, 1.82) is 0 Å². The van der Waals surface area contributed by atoms with E-state index in [1.807, 2.05) is 0 Å². The van der Waals surface area contributed by atoms with Gasteiger partial charge in [-0.1, -0.05) is 0 Å². The van der Waals surface area contributed by atoms with E-state index in [-0.39, 0.29) is 24.8 Å². The molecule has 0 aromatic heterocycles. The highest BCUT2D eigenvalue weighted by Crippen LogP contribution is 2.16. The van der Waals surface area contributed by atoms with E-state index in [4.69, 9.17) is 9.47 Å². The highest BCUT2D eigenvalue weighted by Gasteiger charge is 2.28. The number of amides is 2. The number of urea groups is 1. The number of hydrogen-bond donors (Lipinski definition) is 3. The fourth-order valence-electron chi connectivity index (χ4n) is 2.83. The van der Waals surface area contributed by atoms with Crippen LogP contribution in [0.15, 0.2) is 11.3 Å². The van der Waals surface area contributed by atoms with Crippen LogP contribution in [0.2, 0.25) is 0 Å². The molecule has 8 nitrogen and oxygen atoms in total. The number of nitrogens with zero attached hydrogens (tertiary/aromatic N) is 1. The van der Waals surface area contributed by atoms with Crippen molar-refractivity contribution in [2.75, 3.05) is 46.0 Å². The molecule has 0 aliphatic carbocycles. The van der Waals surface area contributed by atoms with E-state index in [9.17, 15) is 9.59 Å². The molecule has 0 bridgehead atoms. The predicted octanol–water partition coefficient (Wildman–Crippen LogP) is -0.862. The lowest BCUT2D eigenvalue weighted by Gasteiger charge is -2.26. The minimum Gasteiger partial charge on any atom is -0.456 e. The average Bonchev–Trinajstić information content (AvgIpc) is 3.13. The van der Waals surface area contributed by atoms with Crippen molar-refractivity contribution in [2.45, 2.75) is 19.0 Å². The van der Waals surface area contributed by atoms with Crippen molar-refractivity contribution in [3.8, 4) is 0 Å². The normalized spacial score (nSPS) is 26.2. The summed E-state index contributed by atoms with van der Waals surface area (Å²) in [6.45, 7) is 4.42. The van der Waals surface area contributed by atoms with Gasteiger partial charge in [-0.05, 0) is 19.4 Å². The first-order chi connectivity index (χ1) is 10.7. The first kappa shape index (κ1) is 15.3. The molecule has 0 aromatic carbocycles. The first-order valence-corrected chi connectivity index (χ1v) is 7.72. The maximum absolute atomic E-state index is 12.0. The number of morpholine rings is 1. The van der Waals surface area contributed by atoms with Crippen molar-refractivity contribution in [1.82, 2.24) is 20.9 Å². The van der Waals surface area contributed by atoms with Crippen LogP contribution in [0, 0.1) is 0 Å². The fraction of sp³-hybridized carbons (Fsp3) is 0.714. The monoisotopic (exact) mass is 310 g/mol. The number of rotatable bonds is 4. The summed E-state index contributed by atoms with van der Waals surface area (Å²) >= 11 is 0. The summed E-state index contributed by atoms with van der Waals surface area (Å²) in [7, 11) is 0. The van der Waals surface area contributed by atoms with Crippen LogP contribution in [0.5, 0.6) is 0 Å². The third-order valence-electron chi connectivity index (χ3n) is 4.07. The molecule has 2 saturated heterocycles. The summed E-state index contributed by atoms with van der Waals surface area (Å²) in [5.74, 6) is -0.346. The standard InChI is InChI=1S/C14H22N4O4/c19-13-10(8-18-4-6-21-7-5-18)11(9-22-13)16-14(20)17-12-2-1-3-15-12/h12,15H,1-9H2,(H2,16,17,20). The number of nitrogens with one attached hydrogen (secondary N) is 3. The number of ether oxygens (including phenoxy) is 2. The molecule has 2 amide bonds. The lowest BCUT2D eigenvalue weighted by molar-refractivity contribution is -0.136. The Balaban J connectivity index is 1.58. The molecule has 0 spiro atoms. The summed E-state index contributed by atoms with van der Waals surface area (Å²) in [4.78, 5) is 26.0. The first-order valence-electron chi connectivity index (χ1n) is 7.72. The third kappa shape index (κ3) is 3.76. The van der Waals surface area contributed by atoms with Crippen LogP contribution in [-0.4, -0.2) is 69.1 Å². The highest BCUT2D eigenvalue weighted by molar-refractivity contribution is 5.93. The van der Waals surface area contributed by atoms with Crippen LogP contribution < -0.4 is 16.0 Å². The Hall–Kier alpha value is -1.64. The molecule has 3 N–H and O–H groups in total. The van der Waals surface area contributed by atoms with Crippen LogP contribution in [0.4, 0.5) is 4.79 Å². The van der Waals surface area contributed by atoms with E-state index in [0.717, 1.165) is 32.5 Å². The third-order valence-corrected chi connectivity index (χ3v) is 4.07. The van der Waals surface area contributed by atoms with Crippen LogP contribution in [0.25, 0.3) is 0 Å². The summed E-state index contributed by atoms with van der Waals surface area (Å²) in [5.41, 5.74) is 1.10. The second-order valence-corrected chi connectivity index (χ2v) is 5.67. The van der Waals surface area contributed by atoms with Gasteiger partial charge in [0, 0.05) is 19.6 Å².